The number of ether oxygens (including phenoxy) is 6. The third-order valence-corrected chi connectivity index (χ3v) is 25.2. The van der Waals surface area contributed by atoms with E-state index in [1.54, 1.807) is 0 Å². The molecule has 16 bridgehead atoms. The number of aromatic amines is 4. The van der Waals surface area contributed by atoms with Gasteiger partial charge in [0.2, 0.25) is 0 Å². The number of H-pyrrole nitrogens is 4. The van der Waals surface area contributed by atoms with Crippen molar-refractivity contribution >= 4 is 92.7 Å². The van der Waals surface area contributed by atoms with Gasteiger partial charge in [0.05, 0.1) is 85.2 Å². The lowest BCUT2D eigenvalue weighted by Gasteiger charge is -2.09. The van der Waals surface area contributed by atoms with Crippen molar-refractivity contribution in [2.24, 2.45) is 0 Å². The molecule has 10 heterocycles. The van der Waals surface area contributed by atoms with E-state index in [1.807, 2.05) is 18.2 Å². The Kier molecular flexibility index (Phi) is 28.2. The second kappa shape index (κ2) is 42.9. The summed E-state index contributed by atoms with van der Waals surface area (Å²) in [6.45, 7) is 16.9. The van der Waals surface area contributed by atoms with E-state index < -0.39 is 0 Å². The van der Waals surface area contributed by atoms with Gasteiger partial charge in [-0.1, -0.05) is 207 Å². The van der Waals surface area contributed by atoms with E-state index in [0.717, 1.165) is 307 Å². The van der Waals surface area contributed by atoms with Crippen molar-refractivity contribution in [2.75, 3.05) is 39.6 Å². The maximum absolute atomic E-state index is 6.38. The fraction of sp³-hybridized carbons (Fsp3) is 0.194. The highest BCUT2D eigenvalue weighted by Crippen LogP contribution is 2.44. The smallest absolute Gasteiger partial charge is 0.119 e. The quantitative estimate of drug-likeness (QED) is 0.0235. The molecule has 14 nitrogen and oxygen atoms in total. The first-order chi connectivity index (χ1) is 68.0. The summed E-state index contributed by atoms with van der Waals surface area (Å²) in [5.74, 6) is 21.7. The third-order valence-electron chi connectivity index (χ3n) is 25.2. The number of hydrogen-bond acceptors (Lipinski definition) is 10. The van der Waals surface area contributed by atoms with Crippen LogP contribution >= 0.6 is 0 Å². The van der Waals surface area contributed by atoms with Crippen molar-refractivity contribution < 1.29 is 28.4 Å². The van der Waals surface area contributed by atoms with Gasteiger partial charge in [0.1, 0.15) is 34.5 Å². The zero-order valence-electron chi connectivity index (χ0n) is 79.0. The van der Waals surface area contributed by atoms with Crippen molar-refractivity contribution in [2.45, 2.75) is 119 Å². The predicted octanol–water partition coefficient (Wildman–Crippen LogP) is 30.8. The number of benzene rings is 9. The molecule has 19 rings (SSSR count). The molecule has 0 amide bonds. The van der Waals surface area contributed by atoms with Crippen molar-refractivity contribution in [1.82, 2.24) is 39.9 Å². The Hall–Kier alpha value is -16.3. The fourth-order valence-corrected chi connectivity index (χ4v) is 17.7. The van der Waals surface area contributed by atoms with Gasteiger partial charge in [-0.25, -0.2) is 19.9 Å². The van der Waals surface area contributed by atoms with E-state index >= 15 is 0 Å². The minimum Gasteiger partial charge on any atom is -0.494 e. The Bertz CT molecular complexity index is 7570. The van der Waals surface area contributed by atoms with Crippen molar-refractivity contribution in [3.05, 3.63) is 334 Å². The molecule has 0 unspecified atom stereocenters. The van der Waals surface area contributed by atoms with Gasteiger partial charge in [-0.2, -0.15) is 0 Å². The van der Waals surface area contributed by atoms with Crippen LogP contribution in [0.4, 0.5) is 0 Å². The molecule has 0 saturated heterocycles. The maximum Gasteiger partial charge on any atom is 0.119 e. The van der Waals surface area contributed by atoms with Crippen molar-refractivity contribution in [1.29, 1.82) is 0 Å². The first-order valence-electron chi connectivity index (χ1n) is 48.6. The number of nitrogens with one attached hydrogen (secondary N) is 4. The first kappa shape index (κ1) is 90.8. The molecular formula is C124H110N8O6. The molecule has 0 atom stereocenters. The van der Waals surface area contributed by atoms with Crippen LogP contribution in [-0.4, -0.2) is 79.5 Å². The monoisotopic (exact) mass is 1810 g/mol. The van der Waals surface area contributed by atoms with E-state index in [1.165, 1.54) is 0 Å². The summed E-state index contributed by atoms with van der Waals surface area (Å²) in [7, 11) is 0. The van der Waals surface area contributed by atoms with Gasteiger partial charge in [0, 0.05) is 116 Å². The van der Waals surface area contributed by atoms with Crippen LogP contribution in [0.5, 0.6) is 34.5 Å². The molecule has 6 aromatic heterocycles. The maximum atomic E-state index is 6.38. The molecule has 4 aliphatic heterocycles. The number of aromatic nitrogens is 8. The Labute approximate surface area is 807 Å². The highest BCUT2D eigenvalue weighted by molar-refractivity contribution is 6.03. The van der Waals surface area contributed by atoms with E-state index in [4.69, 9.17) is 54.8 Å². The zero-order chi connectivity index (χ0) is 94.1. The molecule has 4 aliphatic rings. The van der Waals surface area contributed by atoms with Crippen LogP contribution in [-0.2, 0) is 0 Å². The van der Waals surface area contributed by atoms with E-state index in [9.17, 15) is 0 Å². The zero-order valence-corrected chi connectivity index (χ0v) is 79.0. The average molecular weight is 1810 g/mol. The van der Waals surface area contributed by atoms with Crippen LogP contribution in [0.15, 0.2) is 261 Å². The SMILES string of the molecule is C#Cc1cc(C#Cc2ccc(-c3c4nc(c(-c5ccc(OCCCC)cc5)c5ccc([nH]5)c(-c5ccc(OCCCC)cc5)c5nc(c(-c6ccc(OCCCC)cc6)c6ccc3[nH]6)C=C5)C=C4)cc2)ccc1C#Cc1ccc(-c2c3nc(c(-c4ccc(OCCCC)cc4)c4ccc([nH]4)c(-c4ccc(OCCCC)cc4)c4nc(c(-c5ccc(OCCCC)cc5)c5ccc2[nH]5)C=C4)C=C3)cc1. The molecule has 0 spiro atoms. The molecule has 0 aliphatic carbocycles. The molecule has 4 N–H and O–H groups in total. The van der Waals surface area contributed by atoms with E-state index in [2.05, 4.69) is 382 Å². The first-order valence-corrected chi connectivity index (χ1v) is 48.6. The predicted molar refractivity (Wildman–Crippen MR) is 570 cm³/mol. The molecule has 682 valence electrons. The lowest BCUT2D eigenvalue weighted by atomic mass is 10.0. The van der Waals surface area contributed by atoms with Crippen molar-refractivity contribution in [3.63, 3.8) is 0 Å². The van der Waals surface area contributed by atoms with E-state index in [0.29, 0.717) is 50.8 Å². The van der Waals surface area contributed by atoms with Crippen LogP contribution in [0.1, 0.15) is 192 Å². The molecule has 9 aromatic carbocycles. The largest absolute Gasteiger partial charge is 0.494 e. The van der Waals surface area contributed by atoms with Crippen LogP contribution in [0.25, 0.3) is 182 Å². The van der Waals surface area contributed by atoms with Crippen LogP contribution < -0.4 is 28.4 Å². The average Bonchev–Trinajstić information content (AvgIpc) is 1.61. The van der Waals surface area contributed by atoms with Crippen LogP contribution in [0, 0.1) is 36.0 Å². The minimum absolute atomic E-state index is 0.638. The standard InChI is InChI=1S/C124H110N8O6/c1-8-15-75-133-95-47-35-89(36-48-95)119-105-63-59-101(125-105)117(102-60-64-106(126-102)120(90-37-49-96(50-38-90)134-76-16-9-2)110-68-72-114(130-110)123(113-71-67-109(119)129-113)93-43-55-99(56-44-93)137-79-19-12-5)87-31-24-82(25-32-87)21-22-84-28-30-86(85(14-7)81-84)29-23-83-26-33-88(34-27-83)118-103-61-65-107(127-103)121(91-39-51-97(52-40-91)135-77-17-10-3)111-69-73-115(131-111)124(94-45-57-100(58-46-94)138-80-20-13-6)116-74-70-112(132-116)122(108-66-62-104(118)128-108)92-41-53-98(54-42-92)136-78-18-11-4/h7,24-28,30-74,81,125,127,130,132H,8-13,15-20,75-80H2,1-6H3. The van der Waals surface area contributed by atoms with Gasteiger partial charge >= 0.3 is 0 Å². The molecule has 14 heteroatoms. The number of hydrogen-bond donors (Lipinski definition) is 4. The summed E-state index contributed by atoms with van der Waals surface area (Å²) in [4.78, 5) is 38.2. The number of terminal acetylenes is 1. The summed E-state index contributed by atoms with van der Waals surface area (Å²) in [5, 5.41) is 0. The minimum atomic E-state index is 0.638. The van der Waals surface area contributed by atoms with Gasteiger partial charge in [0.25, 0.3) is 0 Å². The number of rotatable bonds is 32. The number of unbranched alkanes of at least 4 members (excludes halogenated alkanes) is 6. The summed E-state index contributed by atoms with van der Waals surface area (Å²) in [5.41, 5.74) is 32.4. The van der Waals surface area contributed by atoms with Gasteiger partial charge < -0.3 is 48.4 Å². The molecule has 0 fully saturated rings. The lowest BCUT2D eigenvalue weighted by Crippen LogP contribution is -1.96. The Morgan fingerprint density at radius 2 is 0.391 bits per heavy atom. The van der Waals surface area contributed by atoms with Gasteiger partial charge in [-0.3, -0.25) is 0 Å². The number of nitrogens with zero attached hydrogens (tertiary/aromatic N) is 4. The molecule has 0 saturated carbocycles. The molecule has 15 aromatic rings. The van der Waals surface area contributed by atoms with Crippen molar-refractivity contribution in [3.8, 4) is 160 Å². The van der Waals surface area contributed by atoms with Crippen LogP contribution in [0.3, 0.4) is 0 Å². The second-order valence-electron chi connectivity index (χ2n) is 34.9. The summed E-state index contributed by atoms with van der Waals surface area (Å²) < 4.78 is 37.3. The fourth-order valence-electron chi connectivity index (χ4n) is 17.7. The van der Waals surface area contributed by atoms with Crippen LogP contribution in [0.2, 0.25) is 0 Å². The third kappa shape index (κ3) is 20.5. The summed E-state index contributed by atoms with van der Waals surface area (Å²) >= 11 is 0. The van der Waals surface area contributed by atoms with Gasteiger partial charge in [0.15, 0.2) is 0 Å². The molecular weight excluding hydrogens is 1700 g/mol. The Morgan fingerprint density at radius 1 is 0.210 bits per heavy atom. The molecule has 138 heavy (non-hydrogen) atoms. The Morgan fingerprint density at radius 3 is 0.587 bits per heavy atom. The van der Waals surface area contributed by atoms with E-state index in [-0.39, 0.29) is 0 Å². The topological polar surface area (TPSA) is 170 Å². The van der Waals surface area contributed by atoms with Gasteiger partial charge in [-0.15, -0.1) is 6.42 Å². The van der Waals surface area contributed by atoms with Gasteiger partial charge in [-0.05, 0) is 295 Å². The molecule has 0 radical (unpaired) electrons. The Balaban J connectivity index is 0.673. The summed E-state index contributed by atoms with van der Waals surface area (Å²) in [6.07, 6.45) is 35.5. The lowest BCUT2D eigenvalue weighted by molar-refractivity contribution is 0.309. The number of fused-ring (bicyclic) bond motifs is 16. The highest BCUT2D eigenvalue weighted by Gasteiger charge is 2.25. The normalized spacial score (nSPS) is 11.7. The second-order valence-corrected chi connectivity index (χ2v) is 34.9. The highest BCUT2D eigenvalue weighted by atomic mass is 16.5. The summed E-state index contributed by atoms with van der Waals surface area (Å²) in [6, 6.07) is 90.1.